The van der Waals surface area contributed by atoms with E-state index in [2.05, 4.69) is 10.6 Å². The van der Waals surface area contributed by atoms with Crippen molar-refractivity contribution in [3.63, 3.8) is 0 Å². The molecule has 168 valence electrons. The molecule has 2 heterocycles. The maximum Gasteiger partial charge on any atom is 0.274 e. The molecule has 1 aromatic carbocycles. The lowest BCUT2D eigenvalue weighted by molar-refractivity contribution is -0.403. The molecule has 10 nitrogen and oxygen atoms in total. The third-order valence-electron chi connectivity index (χ3n) is 5.48. The molecule has 2 aliphatic rings. The second-order valence-corrected chi connectivity index (χ2v) is 7.73. The number of carbonyl (C=O) groups excluding carboxylic acids is 2. The zero-order valence-corrected chi connectivity index (χ0v) is 17.7. The minimum absolute atomic E-state index is 0.0398. The first-order valence-electron chi connectivity index (χ1n) is 10.6. The summed E-state index contributed by atoms with van der Waals surface area (Å²) in [5.41, 5.74) is 0.585. The van der Waals surface area contributed by atoms with Crippen LogP contribution in [-0.2, 0) is 9.59 Å². The summed E-state index contributed by atoms with van der Waals surface area (Å²) in [6.45, 7) is 2.04. The molecule has 0 aromatic heterocycles. The van der Waals surface area contributed by atoms with Gasteiger partial charge in [0.1, 0.15) is 11.8 Å². The molecule has 0 aliphatic carbocycles. The molecule has 2 saturated heterocycles. The molecule has 1 atom stereocenters. The van der Waals surface area contributed by atoms with Gasteiger partial charge >= 0.3 is 0 Å². The van der Waals surface area contributed by atoms with E-state index in [9.17, 15) is 19.7 Å². The number of carbonyl (C=O) groups is 2. The van der Waals surface area contributed by atoms with E-state index >= 15 is 0 Å². The Bertz CT molecular complexity index is 837. The summed E-state index contributed by atoms with van der Waals surface area (Å²) in [5.74, 6) is 0.445. The van der Waals surface area contributed by atoms with Gasteiger partial charge in [-0.05, 0) is 44.2 Å². The molecule has 2 fully saturated rings. The number of ether oxygens (including phenoxy) is 1. The maximum atomic E-state index is 13.1. The number of hydrogen-bond donors (Lipinski definition) is 2. The highest BCUT2D eigenvalue weighted by molar-refractivity contribution is 5.88. The van der Waals surface area contributed by atoms with Gasteiger partial charge in [-0.15, -0.1) is 0 Å². The number of methoxy groups -OCH3 is 1. The topological polar surface area (TPSA) is 117 Å². The van der Waals surface area contributed by atoms with Crippen LogP contribution in [0.1, 0.15) is 32.1 Å². The highest BCUT2D eigenvalue weighted by Crippen LogP contribution is 2.19. The monoisotopic (exact) mass is 431 g/mol. The first-order chi connectivity index (χ1) is 15.0. The van der Waals surface area contributed by atoms with Crippen LogP contribution < -0.4 is 15.4 Å². The molecule has 1 unspecified atom stereocenters. The van der Waals surface area contributed by atoms with Crippen LogP contribution in [0.2, 0.25) is 0 Å². The van der Waals surface area contributed by atoms with Crippen molar-refractivity contribution in [3.8, 4) is 5.75 Å². The lowest BCUT2D eigenvalue weighted by Gasteiger charge is -2.27. The third-order valence-corrected chi connectivity index (χ3v) is 5.48. The van der Waals surface area contributed by atoms with Crippen LogP contribution in [0.3, 0.4) is 0 Å². The van der Waals surface area contributed by atoms with Gasteiger partial charge in [0, 0.05) is 31.4 Å². The number of likely N-dealkylation sites (tertiary alicyclic amines) is 2. The summed E-state index contributed by atoms with van der Waals surface area (Å²) in [6, 6.07) is 6.31. The number of rotatable bonds is 8. The Hall–Kier alpha value is -3.30. The number of amides is 2. The summed E-state index contributed by atoms with van der Waals surface area (Å²) in [5, 5.41) is 17.1. The maximum absolute atomic E-state index is 13.1. The van der Waals surface area contributed by atoms with Gasteiger partial charge < -0.3 is 25.2 Å². The molecule has 0 saturated carbocycles. The Morgan fingerprint density at radius 1 is 1.26 bits per heavy atom. The van der Waals surface area contributed by atoms with Gasteiger partial charge in [-0.25, -0.2) is 0 Å². The van der Waals surface area contributed by atoms with Gasteiger partial charge in [0.05, 0.1) is 18.6 Å². The lowest BCUT2D eigenvalue weighted by atomic mass is 10.1. The van der Waals surface area contributed by atoms with E-state index in [0.717, 1.165) is 45.0 Å². The van der Waals surface area contributed by atoms with Crippen molar-refractivity contribution >= 4 is 17.5 Å². The van der Waals surface area contributed by atoms with Crippen molar-refractivity contribution in [3.05, 3.63) is 46.4 Å². The van der Waals surface area contributed by atoms with Gasteiger partial charge in [-0.2, -0.15) is 0 Å². The Balaban J connectivity index is 1.70. The zero-order valence-electron chi connectivity index (χ0n) is 17.7. The standard InChI is InChI=1S/C21H29N5O5/c1-31-17-8-6-7-16(13-17)22-19(14-26(29)30)23-18-9-2-3-12-25(21(18)28)15-20(27)24-10-4-5-11-24/h6-8,13-14,18,22-23H,2-5,9-12,15H2,1H3/b19-14-. The van der Waals surface area contributed by atoms with Crippen molar-refractivity contribution in [2.45, 2.75) is 38.1 Å². The van der Waals surface area contributed by atoms with Crippen LogP contribution in [-0.4, -0.2) is 65.9 Å². The van der Waals surface area contributed by atoms with Crippen LogP contribution in [0.25, 0.3) is 0 Å². The highest BCUT2D eigenvalue weighted by atomic mass is 16.6. The van der Waals surface area contributed by atoms with Crippen molar-refractivity contribution in [1.82, 2.24) is 15.1 Å². The van der Waals surface area contributed by atoms with Crippen LogP contribution in [0.15, 0.2) is 36.3 Å². The molecule has 2 amide bonds. The number of nitrogens with one attached hydrogen (secondary N) is 2. The fourth-order valence-corrected chi connectivity index (χ4v) is 3.88. The van der Waals surface area contributed by atoms with E-state index in [4.69, 9.17) is 4.74 Å². The van der Waals surface area contributed by atoms with E-state index in [-0.39, 0.29) is 24.2 Å². The van der Waals surface area contributed by atoms with E-state index in [1.807, 2.05) is 0 Å². The second-order valence-electron chi connectivity index (χ2n) is 7.73. The number of nitrogens with zero attached hydrogens (tertiary/aromatic N) is 3. The number of benzene rings is 1. The molecule has 0 bridgehead atoms. The highest BCUT2D eigenvalue weighted by Gasteiger charge is 2.30. The summed E-state index contributed by atoms with van der Waals surface area (Å²) in [7, 11) is 1.54. The van der Waals surface area contributed by atoms with Gasteiger partial charge in [0.15, 0.2) is 5.82 Å². The largest absolute Gasteiger partial charge is 0.497 e. The summed E-state index contributed by atoms with van der Waals surface area (Å²) >= 11 is 0. The van der Waals surface area contributed by atoms with Gasteiger partial charge in [0.25, 0.3) is 6.20 Å². The van der Waals surface area contributed by atoms with Crippen LogP contribution >= 0.6 is 0 Å². The predicted octanol–water partition coefficient (Wildman–Crippen LogP) is 1.78. The average molecular weight is 431 g/mol. The molecule has 2 aliphatic heterocycles. The Labute approximate surface area is 181 Å². The number of nitro groups is 1. The van der Waals surface area contributed by atoms with E-state index in [0.29, 0.717) is 24.4 Å². The Morgan fingerprint density at radius 2 is 2.00 bits per heavy atom. The second kappa shape index (κ2) is 10.6. The van der Waals surface area contributed by atoms with Gasteiger partial charge in [-0.1, -0.05) is 6.07 Å². The molecule has 0 radical (unpaired) electrons. The molecule has 31 heavy (non-hydrogen) atoms. The molecule has 10 heteroatoms. The Kier molecular flexibility index (Phi) is 7.69. The van der Waals surface area contributed by atoms with Crippen molar-refractivity contribution in [1.29, 1.82) is 0 Å². The predicted molar refractivity (Wildman–Crippen MR) is 115 cm³/mol. The minimum atomic E-state index is -0.654. The molecular formula is C21H29N5O5. The molecular weight excluding hydrogens is 402 g/mol. The quantitative estimate of drug-likeness (QED) is 0.476. The van der Waals surface area contributed by atoms with Crippen molar-refractivity contribution in [2.24, 2.45) is 0 Å². The van der Waals surface area contributed by atoms with E-state index in [1.54, 1.807) is 34.1 Å². The summed E-state index contributed by atoms with van der Waals surface area (Å²) in [4.78, 5) is 39.6. The summed E-state index contributed by atoms with van der Waals surface area (Å²) in [6.07, 6.45) is 4.89. The average Bonchev–Trinajstić information content (AvgIpc) is 3.23. The molecule has 0 spiro atoms. The fourth-order valence-electron chi connectivity index (χ4n) is 3.88. The first kappa shape index (κ1) is 22.4. The van der Waals surface area contributed by atoms with Gasteiger partial charge in [-0.3, -0.25) is 19.7 Å². The number of hydrogen-bond acceptors (Lipinski definition) is 7. The molecule has 1 aromatic rings. The molecule has 2 N–H and O–H groups in total. The Morgan fingerprint density at radius 3 is 2.71 bits per heavy atom. The van der Waals surface area contributed by atoms with Crippen molar-refractivity contribution in [2.75, 3.05) is 38.6 Å². The summed E-state index contributed by atoms with van der Waals surface area (Å²) < 4.78 is 5.18. The van der Waals surface area contributed by atoms with Gasteiger partial charge in [0.2, 0.25) is 11.8 Å². The normalized spacial score (nSPS) is 19.7. The number of anilines is 1. The van der Waals surface area contributed by atoms with Crippen LogP contribution in [0, 0.1) is 10.1 Å². The van der Waals surface area contributed by atoms with Crippen LogP contribution in [0.5, 0.6) is 5.75 Å². The van der Waals surface area contributed by atoms with Crippen molar-refractivity contribution < 1.29 is 19.2 Å². The fraction of sp³-hybridized carbons (Fsp3) is 0.524. The molecule has 3 rings (SSSR count). The van der Waals surface area contributed by atoms with E-state index < -0.39 is 11.0 Å². The van der Waals surface area contributed by atoms with Crippen LogP contribution in [0.4, 0.5) is 5.69 Å². The first-order valence-corrected chi connectivity index (χ1v) is 10.6. The van der Waals surface area contributed by atoms with E-state index in [1.165, 1.54) is 7.11 Å². The third kappa shape index (κ3) is 6.34. The SMILES string of the molecule is COc1cccc(N/C(=C/[N+](=O)[O-])NC2CCCCN(CC(=O)N3CCCC3)C2=O)c1. The zero-order chi connectivity index (χ0) is 22.2. The lowest BCUT2D eigenvalue weighted by Crippen LogP contribution is -2.49. The smallest absolute Gasteiger partial charge is 0.274 e. The minimum Gasteiger partial charge on any atom is -0.497 e.